The smallest absolute Gasteiger partial charge is 0.387 e. The summed E-state index contributed by atoms with van der Waals surface area (Å²) in [6.45, 7) is -3.15. The number of rotatable bonds is 8. The van der Waals surface area contributed by atoms with Crippen LogP contribution in [0.1, 0.15) is 5.56 Å². The van der Waals surface area contributed by atoms with E-state index >= 15 is 0 Å². The first-order valence-electron chi connectivity index (χ1n) is 7.21. The van der Waals surface area contributed by atoms with Crippen molar-refractivity contribution in [1.29, 1.82) is 0 Å². The highest BCUT2D eigenvalue weighted by Gasteiger charge is 2.04. The number of carbonyl (C=O) groups is 1. The number of hydrogen-bond donors (Lipinski definition) is 1. The van der Waals surface area contributed by atoms with Crippen LogP contribution in [0.5, 0.6) is 11.5 Å². The van der Waals surface area contributed by atoms with Gasteiger partial charge in [-0.25, -0.2) is 0 Å². The second-order valence-electron chi connectivity index (χ2n) is 4.74. The maximum atomic E-state index is 12.0. The molecule has 1 N–H and O–H groups in total. The molecule has 0 spiro atoms. The molecule has 0 bridgehead atoms. The van der Waals surface area contributed by atoms with E-state index in [0.29, 0.717) is 17.0 Å². The van der Waals surface area contributed by atoms with E-state index in [1.165, 1.54) is 37.6 Å². The van der Waals surface area contributed by atoms with Crippen LogP contribution in [0.25, 0.3) is 0 Å². The molecule has 0 atom stereocenters. The van der Waals surface area contributed by atoms with Crippen LogP contribution in [0, 0.1) is 0 Å². The van der Waals surface area contributed by atoms with Gasteiger partial charge in [0.15, 0.2) is 6.61 Å². The molecule has 2 aromatic carbocycles. The highest BCUT2D eigenvalue weighted by Crippen LogP contribution is 2.16. The standard InChI is InChI=1S/C17H16F2N2O4/c1-23-15-4-2-3-13(9-15)21-16(22)11-24-20-10-12-5-7-14(8-6-12)25-17(18)19/h2-10,17H,11H2,1H3,(H,21,22)/b20-10+. The summed E-state index contributed by atoms with van der Waals surface area (Å²) in [4.78, 5) is 16.6. The van der Waals surface area contributed by atoms with Gasteiger partial charge < -0.3 is 19.6 Å². The first-order chi connectivity index (χ1) is 12.1. The summed E-state index contributed by atoms with van der Waals surface area (Å²) in [6, 6.07) is 12.7. The number of alkyl halides is 2. The number of methoxy groups -OCH3 is 1. The van der Waals surface area contributed by atoms with E-state index in [9.17, 15) is 13.6 Å². The summed E-state index contributed by atoms with van der Waals surface area (Å²) in [7, 11) is 1.53. The van der Waals surface area contributed by atoms with Crippen molar-refractivity contribution in [3.63, 3.8) is 0 Å². The van der Waals surface area contributed by atoms with Gasteiger partial charge in [-0.15, -0.1) is 0 Å². The van der Waals surface area contributed by atoms with Gasteiger partial charge in [0, 0.05) is 11.8 Å². The quantitative estimate of drug-likeness (QED) is 0.586. The van der Waals surface area contributed by atoms with E-state index in [1.54, 1.807) is 24.3 Å². The van der Waals surface area contributed by atoms with Gasteiger partial charge in [0.25, 0.3) is 5.91 Å². The number of nitrogens with zero attached hydrogens (tertiary/aromatic N) is 1. The fraction of sp³-hybridized carbons (Fsp3) is 0.176. The molecule has 8 heteroatoms. The molecule has 0 fully saturated rings. The van der Waals surface area contributed by atoms with E-state index in [4.69, 9.17) is 9.57 Å². The van der Waals surface area contributed by atoms with Crippen molar-refractivity contribution in [1.82, 2.24) is 0 Å². The third-order valence-electron chi connectivity index (χ3n) is 2.93. The lowest BCUT2D eigenvalue weighted by atomic mass is 10.2. The van der Waals surface area contributed by atoms with Gasteiger partial charge in [0.2, 0.25) is 0 Å². The van der Waals surface area contributed by atoms with Gasteiger partial charge in [0.1, 0.15) is 11.5 Å². The lowest BCUT2D eigenvalue weighted by molar-refractivity contribution is -0.120. The average molecular weight is 350 g/mol. The average Bonchev–Trinajstić information content (AvgIpc) is 2.60. The Bertz CT molecular complexity index is 721. The maximum absolute atomic E-state index is 12.0. The number of anilines is 1. The number of benzene rings is 2. The molecule has 0 saturated carbocycles. The highest BCUT2D eigenvalue weighted by atomic mass is 19.3. The van der Waals surface area contributed by atoms with Crippen LogP contribution in [0.2, 0.25) is 0 Å². The molecule has 0 aromatic heterocycles. The van der Waals surface area contributed by atoms with Crippen molar-refractivity contribution in [3.8, 4) is 11.5 Å². The van der Waals surface area contributed by atoms with Crippen molar-refractivity contribution < 1.29 is 27.9 Å². The van der Waals surface area contributed by atoms with Crippen LogP contribution >= 0.6 is 0 Å². The first kappa shape index (κ1) is 18.2. The second-order valence-corrected chi connectivity index (χ2v) is 4.74. The molecular weight excluding hydrogens is 334 g/mol. The lowest BCUT2D eigenvalue weighted by Gasteiger charge is -2.06. The SMILES string of the molecule is COc1cccc(NC(=O)CO/N=C/c2ccc(OC(F)F)cc2)c1. The number of nitrogens with one attached hydrogen (secondary N) is 1. The minimum Gasteiger partial charge on any atom is -0.497 e. The second kappa shape index (κ2) is 9.21. The number of halogens is 2. The summed E-state index contributed by atoms with van der Waals surface area (Å²) in [5, 5.41) is 6.28. The van der Waals surface area contributed by atoms with Crippen molar-refractivity contribution in [2.24, 2.45) is 5.16 Å². The molecule has 2 rings (SSSR count). The Morgan fingerprint density at radius 3 is 2.64 bits per heavy atom. The van der Waals surface area contributed by atoms with E-state index in [-0.39, 0.29) is 18.3 Å². The molecular formula is C17H16F2N2O4. The van der Waals surface area contributed by atoms with Crippen LogP contribution in [0.4, 0.5) is 14.5 Å². The lowest BCUT2D eigenvalue weighted by Crippen LogP contribution is -2.16. The summed E-state index contributed by atoms with van der Waals surface area (Å²) in [6.07, 6.45) is 1.35. The molecule has 0 unspecified atom stereocenters. The summed E-state index contributed by atoms with van der Waals surface area (Å²) >= 11 is 0. The normalized spacial score (nSPS) is 10.7. The zero-order valence-electron chi connectivity index (χ0n) is 13.3. The van der Waals surface area contributed by atoms with Crippen molar-refractivity contribution in [2.45, 2.75) is 6.61 Å². The molecule has 132 valence electrons. The predicted molar refractivity (Wildman–Crippen MR) is 88.2 cm³/mol. The summed E-state index contributed by atoms with van der Waals surface area (Å²) < 4.78 is 33.3. The summed E-state index contributed by atoms with van der Waals surface area (Å²) in [5.74, 6) is 0.285. The zero-order valence-corrected chi connectivity index (χ0v) is 13.3. The predicted octanol–water partition coefficient (Wildman–Crippen LogP) is 3.29. The topological polar surface area (TPSA) is 69.2 Å². The van der Waals surface area contributed by atoms with Crippen LogP contribution in [-0.4, -0.2) is 32.4 Å². The molecule has 0 saturated heterocycles. The van der Waals surface area contributed by atoms with Gasteiger partial charge in [0.05, 0.1) is 13.3 Å². The van der Waals surface area contributed by atoms with Gasteiger partial charge in [-0.2, -0.15) is 8.78 Å². The zero-order chi connectivity index (χ0) is 18.1. The first-order valence-corrected chi connectivity index (χ1v) is 7.21. The molecule has 2 aromatic rings. The molecule has 6 nitrogen and oxygen atoms in total. The molecule has 0 heterocycles. The van der Waals surface area contributed by atoms with Gasteiger partial charge in [-0.05, 0) is 42.0 Å². The van der Waals surface area contributed by atoms with Crippen LogP contribution in [-0.2, 0) is 9.63 Å². The Labute approximate surface area is 143 Å². The minimum absolute atomic E-state index is 0.0470. The molecule has 0 aliphatic rings. The maximum Gasteiger partial charge on any atom is 0.387 e. The Morgan fingerprint density at radius 1 is 1.20 bits per heavy atom. The Hall–Kier alpha value is -3.16. The van der Waals surface area contributed by atoms with Gasteiger partial charge in [-0.1, -0.05) is 11.2 Å². The molecule has 0 aliphatic carbocycles. The van der Waals surface area contributed by atoms with E-state index in [2.05, 4.69) is 15.2 Å². The molecule has 25 heavy (non-hydrogen) atoms. The van der Waals surface area contributed by atoms with Gasteiger partial charge in [-0.3, -0.25) is 4.79 Å². The van der Waals surface area contributed by atoms with E-state index in [0.717, 1.165) is 0 Å². The highest BCUT2D eigenvalue weighted by molar-refractivity contribution is 5.91. The molecule has 0 radical (unpaired) electrons. The third-order valence-corrected chi connectivity index (χ3v) is 2.93. The van der Waals surface area contributed by atoms with Crippen molar-refractivity contribution in [2.75, 3.05) is 19.0 Å². The largest absolute Gasteiger partial charge is 0.497 e. The van der Waals surface area contributed by atoms with Crippen LogP contribution in [0.15, 0.2) is 53.7 Å². The Balaban J connectivity index is 1.77. The fourth-order valence-corrected chi connectivity index (χ4v) is 1.83. The number of oxime groups is 1. The van der Waals surface area contributed by atoms with Crippen molar-refractivity contribution >= 4 is 17.8 Å². The van der Waals surface area contributed by atoms with E-state index in [1.807, 2.05) is 0 Å². The number of hydrogen-bond acceptors (Lipinski definition) is 5. The Morgan fingerprint density at radius 2 is 1.96 bits per heavy atom. The fourth-order valence-electron chi connectivity index (χ4n) is 1.83. The number of carbonyl (C=O) groups excluding carboxylic acids is 1. The summed E-state index contributed by atoms with van der Waals surface area (Å²) in [5.41, 5.74) is 1.18. The van der Waals surface area contributed by atoms with Crippen LogP contribution in [0.3, 0.4) is 0 Å². The van der Waals surface area contributed by atoms with Crippen LogP contribution < -0.4 is 14.8 Å². The number of amides is 1. The molecule has 1 amide bonds. The number of ether oxygens (including phenoxy) is 2. The van der Waals surface area contributed by atoms with Crippen molar-refractivity contribution in [3.05, 3.63) is 54.1 Å². The van der Waals surface area contributed by atoms with Gasteiger partial charge >= 0.3 is 6.61 Å². The minimum atomic E-state index is -2.87. The third kappa shape index (κ3) is 6.46. The van der Waals surface area contributed by atoms with E-state index < -0.39 is 6.61 Å². The monoisotopic (exact) mass is 350 g/mol. The Kier molecular flexibility index (Phi) is 6.70. The molecule has 0 aliphatic heterocycles.